The molecule has 1 aromatic heterocycles. The number of rotatable bonds is 6. The van der Waals surface area contributed by atoms with Gasteiger partial charge in [-0.2, -0.15) is 4.98 Å². The quantitative estimate of drug-likeness (QED) is 0.564. The third-order valence-electron chi connectivity index (χ3n) is 5.74. The molecule has 162 valence electrons. The van der Waals surface area contributed by atoms with Gasteiger partial charge in [0.2, 0.25) is 17.6 Å². The van der Waals surface area contributed by atoms with Crippen molar-refractivity contribution < 1.29 is 9.32 Å². The van der Waals surface area contributed by atoms with Crippen molar-refractivity contribution in [1.29, 1.82) is 0 Å². The maximum atomic E-state index is 12.9. The molecule has 0 spiro atoms. The van der Waals surface area contributed by atoms with E-state index in [1.165, 1.54) is 11.1 Å². The number of hydrogen-bond donors (Lipinski definition) is 0. The van der Waals surface area contributed by atoms with Gasteiger partial charge < -0.3 is 9.42 Å². The van der Waals surface area contributed by atoms with Gasteiger partial charge in [0.15, 0.2) is 0 Å². The lowest BCUT2D eigenvalue weighted by atomic mass is 9.95. The first-order valence-corrected chi connectivity index (χ1v) is 11.0. The fourth-order valence-electron chi connectivity index (χ4n) is 4.03. The highest BCUT2D eigenvalue weighted by molar-refractivity contribution is 6.30. The average Bonchev–Trinajstić information content (AvgIpc) is 3.23. The number of carbonyl (C=O) groups excluding carboxylic acids is 1. The zero-order chi connectivity index (χ0) is 21.8. The van der Waals surface area contributed by atoms with Crippen molar-refractivity contribution in [3.05, 3.63) is 70.6 Å². The third-order valence-corrected chi connectivity index (χ3v) is 6.00. The number of carbonyl (C=O) groups is 1. The SMILES string of the molecule is Cc1cccc(CN2CCC(C(=O)N(C)Cc3nc(-c4ccc(Cl)cc4)no3)CC2)c1. The van der Waals surface area contributed by atoms with Crippen molar-refractivity contribution in [2.75, 3.05) is 20.1 Å². The molecule has 0 atom stereocenters. The Labute approximate surface area is 187 Å². The molecule has 2 heterocycles. The van der Waals surface area contributed by atoms with Crippen LogP contribution < -0.4 is 0 Å². The van der Waals surface area contributed by atoms with E-state index < -0.39 is 0 Å². The minimum Gasteiger partial charge on any atom is -0.337 e. The van der Waals surface area contributed by atoms with Gasteiger partial charge in [-0.1, -0.05) is 46.6 Å². The summed E-state index contributed by atoms with van der Waals surface area (Å²) in [7, 11) is 1.80. The standard InChI is InChI=1S/C24H27ClN4O2/c1-17-4-3-5-18(14-17)15-29-12-10-20(11-13-29)24(30)28(2)16-22-26-23(27-31-22)19-6-8-21(25)9-7-19/h3-9,14,20H,10-13,15-16H2,1-2H3. The number of likely N-dealkylation sites (tertiary alicyclic amines) is 1. The van der Waals surface area contributed by atoms with Crippen molar-refractivity contribution in [2.24, 2.45) is 5.92 Å². The highest BCUT2D eigenvalue weighted by Crippen LogP contribution is 2.23. The summed E-state index contributed by atoms with van der Waals surface area (Å²) in [5.41, 5.74) is 3.44. The van der Waals surface area contributed by atoms with Crippen LogP contribution in [0.15, 0.2) is 53.1 Å². The Bertz CT molecular complexity index is 1030. The van der Waals surface area contributed by atoms with Gasteiger partial charge in [-0.05, 0) is 62.7 Å². The second kappa shape index (κ2) is 9.62. The summed E-state index contributed by atoms with van der Waals surface area (Å²) in [4.78, 5) is 21.5. The van der Waals surface area contributed by atoms with Crippen molar-refractivity contribution >= 4 is 17.5 Å². The molecule has 31 heavy (non-hydrogen) atoms. The molecule has 1 aliphatic rings. The normalized spacial score (nSPS) is 15.2. The van der Waals surface area contributed by atoms with Crippen LogP contribution in [0.3, 0.4) is 0 Å². The molecule has 2 aromatic carbocycles. The van der Waals surface area contributed by atoms with E-state index in [0.717, 1.165) is 38.0 Å². The van der Waals surface area contributed by atoms with Crippen LogP contribution in [-0.2, 0) is 17.9 Å². The number of piperidine rings is 1. The maximum Gasteiger partial charge on any atom is 0.246 e. The minimum absolute atomic E-state index is 0.0393. The summed E-state index contributed by atoms with van der Waals surface area (Å²) < 4.78 is 5.35. The first-order valence-electron chi connectivity index (χ1n) is 10.6. The number of aromatic nitrogens is 2. The molecule has 1 saturated heterocycles. The largest absolute Gasteiger partial charge is 0.337 e. The zero-order valence-corrected chi connectivity index (χ0v) is 18.7. The van der Waals surface area contributed by atoms with E-state index in [0.29, 0.717) is 23.3 Å². The second-order valence-electron chi connectivity index (χ2n) is 8.25. The van der Waals surface area contributed by atoms with Crippen LogP contribution >= 0.6 is 11.6 Å². The molecular weight excluding hydrogens is 412 g/mol. The molecule has 6 nitrogen and oxygen atoms in total. The van der Waals surface area contributed by atoms with Crippen LogP contribution in [0.2, 0.25) is 5.02 Å². The van der Waals surface area contributed by atoms with E-state index in [2.05, 4.69) is 46.2 Å². The molecule has 1 amide bonds. The molecular formula is C24H27ClN4O2. The van der Waals surface area contributed by atoms with Gasteiger partial charge in [0.1, 0.15) is 0 Å². The summed E-state index contributed by atoms with van der Waals surface area (Å²) in [5.74, 6) is 1.11. The van der Waals surface area contributed by atoms with Crippen LogP contribution in [0.1, 0.15) is 29.9 Å². The lowest BCUT2D eigenvalue weighted by Gasteiger charge is -2.33. The van der Waals surface area contributed by atoms with E-state index in [4.69, 9.17) is 16.1 Å². The zero-order valence-electron chi connectivity index (χ0n) is 17.9. The van der Waals surface area contributed by atoms with Crippen LogP contribution in [0, 0.1) is 12.8 Å². The molecule has 0 saturated carbocycles. The topological polar surface area (TPSA) is 62.5 Å². The number of hydrogen-bond acceptors (Lipinski definition) is 5. The Balaban J connectivity index is 1.28. The highest BCUT2D eigenvalue weighted by atomic mass is 35.5. The summed E-state index contributed by atoms with van der Waals surface area (Å²) in [6.07, 6.45) is 1.74. The first-order chi connectivity index (χ1) is 15.0. The summed E-state index contributed by atoms with van der Waals surface area (Å²) in [6.45, 7) is 5.22. The van der Waals surface area contributed by atoms with E-state index in [1.54, 1.807) is 24.1 Å². The van der Waals surface area contributed by atoms with Crippen molar-refractivity contribution in [1.82, 2.24) is 19.9 Å². The van der Waals surface area contributed by atoms with Crippen LogP contribution in [-0.4, -0.2) is 46.0 Å². The number of halogens is 1. The molecule has 7 heteroatoms. The molecule has 0 bridgehead atoms. The molecule has 0 radical (unpaired) electrons. The van der Waals surface area contributed by atoms with Gasteiger partial charge in [0.05, 0.1) is 6.54 Å². The number of benzene rings is 2. The number of nitrogens with zero attached hydrogens (tertiary/aromatic N) is 4. The van der Waals surface area contributed by atoms with Gasteiger partial charge in [-0.15, -0.1) is 0 Å². The lowest BCUT2D eigenvalue weighted by molar-refractivity contribution is -0.136. The van der Waals surface area contributed by atoms with E-state index in [1.807, 2.05) is 12.1 Å². The maximum absolute atomic E-state index is 12.9. The monoisotopic (exact) mass is 438 g/mol. The Hall–Kier alpha value is -2.70. The van der Waals surface area contributed by atoms with Crippen LogP contribution in [0.5, 0.6) is 0 Å². The van der Waals surface area contributed by atoms with E-state index in [9.17, 15) is 4.79 Å². The Morgan fingerprint density at radius 1 is 1.19 bits per heavy atom. The molecule has 1 fully saturated rings. The van der Waals surface area contributed by atoms with Gasteiger partial charge in [0.25, 0.3) is 0 Å². The molecule has 1 aliphatic heterocycles. The summed E-state index contributed by atoms with van der Waals surface area (Å²) in [6, 6.07) is 15.9. The van der Waals surface area contributed by atoms with Crippen LogP contribution in [0.25, 0.3) is 11.4 Å². The molecule has 4 rings (SSSR count). The fraction of sp³-hybridized carbons (Fsp3) is 0.375. The molecule has 0 N–H and O–H groups in total. The minimum atomic E-state index is 0.0393. The van der Waals surface area contributed by atoms with E-state index >= 15 is 0 Å². The average molecular weight is 439 g/mol. The first kappa shape index (κ1) is 21.5. The smallest absolute Gasteiger partial charge is 0.246 e. The predicted octanol–water partition coefficient (Wildman–Crippen LogP) is 4.57. The number of aryl methyl sites for hydroxylation is 1. The van der Waals surface area contributed by atoms with Gasteiger partial charge in [0, 0.05) is 30.1 Å². The molecule has 0 aliphatic carbocycles. The Morgan fingerprint density at radius 2 is 1.94 bits per heavy atom. The second-order valence-corrected chi connectivity index (χ2v) is 8.69. The van der Waals surface area contributed by atoms with Crippen molar-refractivity contribution in [3.63, 3.8) is 0 Å². The van der Waals surface area contributed by atoms with Crippen LogP contribution in [0.4, 0.5) is 0 Å². The Kier molecular flexibility index (Phi) is 6.68. The molecule has 0 unspecified atom stereocenters. The summed E-state index contributed by atoms with van der Waals surface area (Å²) >= 11 is 5.93. The van der Waals surface area contributed by atoms with E-state index in [-0.39, 0.29) is 11.8 Å². The number of amides is 1. The third kappa shape index (κ3) is 5.51. The van der Waals surface area contributed by atoms with Gasteiger partial charge >= 0.3 is 0 Å². The summed E-state index contributed by atoms with van der Waals surface area (Å²) in [5, 5.41) is 4.68. The van der Waals surface area contributed by atoms with Gasteiger partial charge in [-0.25, -0.2) is 0 Å². The predicted molar refractivity (Wildman–Crippen MR) is 120 cm³/mol. The highest BCUT2D eigenvalue weighted by Gasteiger charge is 2.28. The Morgan fingerprint density at radius 3 is 2.65 bits per heavy atom. The van der Waals surface area contributed by atoms with Crippen molar-refractivity contribution in [2.45, 2.75) is 32.9 Å². The molecule has 3 aromatic rings. The van der Waals surface area contributed by atoms with Crippen molar-refractivity contribution in [3.8, 4) is 11.4 Å². The fourth-order valence-corrected chi connectivity index (χ4v) is 4.16. The lowest BCUT2D eigenvalue weighted by Crippen LogP contribution is -2.40. The van der Waals surface area contributed by atoms with Gasteiger partial charge in [-0.3, -0.25) is 9.69 Å².